The predicted molar refractivity (Wildman–Crippen MR) is 88.7 cm³/mol. The average molecular weight is 324 g/mol. The molecule has 0 aromatic heterocycles. The van der Waals surface area contributed by atoms with Crippen LogP contribution in [-0.4, -0.2) is 12.9 Å². The van der Waals surface area contributed by atoms with Crippen LogP contribution in [-0.2, 0) is 9.53 Å². The highest BCUT2D eigenvalue weighted by atomic mass is 16.5. The lowest BCUT2D eigenvalue weighted by Gasteiger charge is -2.37. The molecule has 1 heterocycles. The van der Waals surface area contributed by atoms with Crippen molar-refractivity contribution < 1.29 is 14.3 Å². The van der Waals surface area contributed by atoms with Crippen LogP contribution in [0.2, 0.25) is 0 Å². The molecule has 3 rings (SSSR count). The molecule has 1 aliphatic carbocycles. The van der Waals surface area contributed by atoms with Gasteiger partial charge in [-0.05, 0) is 23.1 Å². The molecular formula is C19H20N2O3. The zero-order chi connectivity index (χ0) is 17.5. The van der Waals surface area contributed by atoms with Crippen molar-refractivity contribution in [2.45, 2.75) is 32.8 Å². The van der Waals surface area contributed by atoms with Gasteiger partial charge in [-0.3, -0.25) is 4.79 Å². The van der Waals surface area contributed by atoms with Crippen molar-refractivity contribution in [1.29, 1.82) is 5.26 Å². The van der Waals surface area contributed by atoms with Crippen molar-refractivity contribution in [3.05, 3.63) is 52.4 Å². The average Bonchev–Trinajstić information content (AvgIpc) is 2.53. The van der Waals surface area contributed by atoms with Crippen LogP contribution in [0.1, 0.15) is 38.4 Å². The second kappa shape index (κ2) is 5.72. The molecule has 5 heteroatoms. The highest BCUT2D eigenvalue weighted by molar-refractivity contribution is 6.01. The molecule has 5 nitrogen and oxygen atoms in total. The van der Waals surface area contributed by atoms with E-state index in [-0.39, 0.29) is 22.5 Å². The number of hydrogen-bond acceptors (Lipinski definition) is 5. The van der Waals surface area contributed by atoms with Crippen LogP contribution < -0.4 is 10.5 Å². The first-order chi connectivity index (χ1) is 11.4. The third-order valence-electron chi connectivity index (χ3n) is 4.46. The van der Waals surface area contributed by atoms with E-state index in [2.05, 4.69) is 6.07 Å². The van der Waals surface area contributed by atoms with E-state index in [1.54, 1.807) is 7.11 Å². The Bertz CT molecular complexity index is 795. The van der Waals surface area contributed by atoms with Crippen molar-refractivity contribution in [3.8, 4) is 11.8 Å². The lowest BCUT2D eigenvalue weighted by atomic mass is 9.74. The Morgan fingerprint density at radius 1 is 1.29 bits per heavy atom. The fourth-order valence-corrected chi connectivity index (χ4v) is 3.27. The zero-order valence-electron chi connectivity index (χ0n) is 14.1. The fraction of sp³-hybridized carbons (Fsp3) is 0.368. The summed E-state index contributed by atoms with van der Waals surface area (Å²) in [4.78, 5) is 12.5. The van der Waals surface area contributed by atoms with Crippen LogP contribution in [0.5, 0.6) is 5.75 Å². The molecule has 0 bridgehead atoms. The quantitative estimate of drug-likeness (QED) is 0.903. The Labute approximate surface area is 141 Å². The van der Waals surface area contributed by atoms with E-state index in [0.29, 0.717) is 24.2 Å². The highest BCUT2D eigenvalue weighted by Crippen LogP contribution is 2.45. The Hall–Kier alpha value is -2.74. The maximum Gasteiger partial charge on any atom is 0.168 e. The Morgan fingerprint density at radius 3 is 2.54 bits per heavy atom. The summed E-state index contributed by atoms with van der Waals surface area (Å²) < 4.78 is 11.2. The summed E-state index contributed by atoms with van der Waals surface area (Å²) in [6, 6.07) is 9.42. The number of methoxy groups -OCH3 is 1. The lowest BCUT2D eigenvalue weighted by Crippen LogP contribution is -2.33. The predicted octanol–water partition coefficient (Wildman–Crippen LogP) is 3.15. The second-order valence-corrected chi connectivity index (χ2v) is 6.95. The molecule has 0 amide bonds. The topological polar surface area (TPSA) is 85.3 Å². The van der Waals surface area contributed by atoms with Crippen LogP contribution in [0.15, 0.2) is 46.9 Å². The normalized spacial score (nSPS) is 22.6. The van der Waals surface area contributed by atoms with E-state index >= 15 is 0 Å². The van der Waals surface area contributed by atoms with E-state index in [9.17, 15) is 10.1 Å². The van der Waals surface area contributed by atoms with Crippen LogP contribution in [0.25, 0.3) is 0 Å². The minimum Gasteiger partial charge on any atom is -0.497 e. The molecule has 0 fully saturated rings. The number of nitriles is 1. The van der Waals surface area contributed by atoms with Gasteiger partial charge in [0.1, 0.15) is 17.6 Å². The number of nitrogens with zero attached hydrogens (tertiary/aromatic N) is 1. The SMILES string of the molecule is COc1ccc([C@H]2OC3=C(C(=O)CC(C)(C)C3)C(N)=C2C#N)cc1. The van der Waals surface area contributed by atoms with E-state index in [0.717, 1.165) is 11.3 Å². The number of benzene rings is 1. The summed E-state index contributed by atoms with van der Waals surface area (Å²) in [6.45, 7) is 4.06. The van der Waals surface area contributed by atoms with Gasteiger partial charge in [0.15, 0.2) is 11.9 Å². The summed E-state index contributed by atoms with van der Waals surface area (Å²) in [5.74, 6) is 1.26. The molecule has 0 spiro atoms. The minimum atomic E-state index is -0.596. The smallest absolute Gasteiger partial charge is 0.168 e. The largest absolute Gasteiger partial charge is 0.497 e. The highest BCUT2D eigenvalue weighted by Gasteiger charge is 2.41. The summed E-state index contributed by atoms with van der Waals surface area (Å²) in [5.41, 5.74) is 7.73. The molecular weight excluding hydrogens is 304 g/mol. The van der Waals surface area contributed by atoms with Gasteiger partial charge in [-0.25, -0.2) is 0 Å². The van der Waals surface area contributed by atoms with Crippen LogP contribution in [0.4, 0.5) is 0 Å². The third kappa shape index (κ3) is 2.65. The van der Waals surface area contributed by atoms with Gasteiger partial charge in [-0.2, -0.15) is 5.26 Å². The van der Waals surface area contributed by atoms with E-state index in [1.807, 2.05) is 38.1 Å². The summed E-state index contributed by atoms with van der Waals surface area (Å²) >= 11 is 0. The number of carbonyl (C=O) groups is 1. The van der Waals surface area contributed by atoms with E-state index in [1.165, 1.54) is 0 Å². The van der Waals surface area contributed by atoms with Crippen molar-refractivity contribution >= 4 is 5.78 Å². The van der Waals surface area contributed by atoms with Crippen molar-refractivity contribution in [2.75, 3.05) is 7.11 Å². The van der Waals surface area contributed by atoms with Gasteiger partial charge < -0.3 is 15.2 Å². The molecule has 0 saturated carbocycles. The molecule has 124 valence electrons. The Morgan fingerprint density at radius 2 is 1.96 bits per heavy atom. The van der Waals surface area contributed by atoms with Crippen LogP contribution in [0.3, 0.4) is 0 Å². The molecule has 0 radical (unpaired) electrons. The number of carbonyl (C=O) groups excluding carboxylic acids is 1. The van der Waals surface area contributed by atoms with E-state index < -0.39 is 6.10 Å². The van der Waals surface area contributed by atoms with Crippen LogP contribution >= 0.6 is 0 Å². The summed E-state index contributed by atoms with van der Waals surface area (Å²) in [7, 11) is 1.59. The molecule has 1 aromatic carbocycles. The molecule has 2 aliphatic rings. The summed E-state index contributed by atoms with van der Waals surface area (Å²) in [6.07, 6.45) is 0.434. The minimum absolute atomic E-state index is 0.0559. The number of rotatable bonds is 2. The first-order valence-corrected chi connectivity index (χ1v) is 7.83. The second-order valence-electron chi connectivity index (χ2n) is 6.95. The van der Waals surface area contributed by atoms with Crippen LogP contribution in [0, 0.1) is 16.7 Å². The number of hydrogen-bond donors (Lipinski definition) is 1. The van der Waals surface area contributed by atoms with Gasteiger partial charge in [0.05, 0.1) is 24.0 Å². The first kappa shape index (κ1) is 16.1. The zero-order valence-corrected chi connectivity index (χ0v) is 14.1. The van der Waals surface area contributed by atoms with Crippen molar-refractivity contribution in [2.24, 2.45) is 11.1 Å². The summed E-state index contributed by atoms with van der Waals surface area (Å²) in [5, 5.41) is 9.55. The number of allylic oxidation sites excluding steroid dienone is 2. The van der Waals surface area contributed by atoms with Crippen molar-refractivity contribution in [3.63, 3.8) is 0 Å². The number of Topliss-reactive ketones (excluding diaryl/α,β-unsaturated/α-hetero) is 1. The molecule has 2 N–H and O–H groups in total. The monoisotopic (exact) mass is 324 g/mol. The maximum atomic E-state index is 12.5. The van der Waals surface area contributed by atoms with Gasteiger partial charge in [-0.15, -0.1) is 0 Å². The molecule has 1 aromatic rings. The number of nitrogens with two attached hydrogens (primary N) is 1. The third-order valence-corrected chi connectivity index (χ3v) is 4.46. The number of ketones is 1. The van der Waals surface area contributed by atoms with Crippen molar-refractivity contribution in [1.82, 2.24) is 0 Å². The molecule has 24 heavy (non-hydrogen) atoms. The Kier molecular flexibility index (Phi) is 3.84. The van der Waals surface area contributed by atoms with Gasteiger partial charge >= 0.3 is 0 Å². The Balaban J connectivity index is 2.06. The standard InChI is InChI=1S/C19H20N2O3/c1-19(2)8-14(22)16-15(9-19)24-18(13(10-20)17(16)21)11-4-6-12(23-3)7-5-11/h4-7,18H,8-9,21H2,1-3H3/t18-/m1/s1. The first-order valence-electron chi connectivity index (χ1n) is 7.83. The van der Waals surface area contributed by atoms with Gasteiger partial charge in [-0.1, -0.05) is 26.0 Å². The fourth-order valence-electron chi connectivity index (χ4n) is 3.27. The molecule has 1 atom stereocenters. The maximum absolute atomic E-state index is 12.5. The van der Waals surface area contributed by atoms with Gasteiger partial charge in [0.25, 0.3) is 0 Å². The van der Waals surface area contributed by atoms with Gasteiger partial charge in [0.2, 0.25) is 0 Å². The number of ether oxygens (including phenoxy) is 2. The molecule has 0 unspecified atom stereocenters. The molecule has 1 aliphatic heterocycles. The van der Waals surface area contributed by atoms with Gasteiger partial charge in [0, 0.05) is 12.8 Å². The lowest BCUT2D eigenvalue weighted by molar-refractivity contribution is -0.118. The molecule has 0 saturated heterocycles. The van der Waals surface area contributed by atoms with E-state index in [4.69, 9.17) is 15.2 Å².